The zero-order valence-electron chi connectivity index (χ0n) is 12.7. The van der Waals surface area contributed by atoms with Crippen molar-refractivity contribution in [2.45, 2.75) is 4.90 Å². The van der Waals surface area contributed by atoms with Gasteiger partial charge in [0.25, 0.3) is 5.56 Å². The van der Waals surface area contributed by atoms with Gasteiger partial charge < -0.3 is 4.57 Å². The van der Waals surface area contributed by atoms with Crippen molar-refractivity contribution in [3.8, 4) is 17.2 Å². The fourth-order valence-electron chi connectivity index (χ4n) is 2.67. The summed E-state index contributed by atoms with van der Waals surface area (Å²) in [6, 6.07) is 14.7. The van der Waals surface area contributed by atoms with E-state index in [0.29, 0.717) is 22.0 Å². The van der Waals surface area contributed by atoms with Crippen molar-refractivity contribution in [2.24, 2.45) is 12.2 Å². The summed E-state index contributed by atoms with van der Waals surface area (Å²) in [6.07, 6.45) is 0. The van der Waals surface area contributed by atoms with Gasteiger partial charge in [0.1, 0.15) is 6.07 Å². The van der Waals surface area contributed by atoms with Crippen molar-refractivity contribution in [2.75, 3.05) is 0 Å². The van der Waals surface area contributed by atoms with E-state index in [2.05, 4.69) is 0 Å². The molecule has 3 aromatic rings. The van der Waals surface area contributed by atoms with E-state index in [1.165, 1.54) is 16.7 Å². The molecule has 0 aliphatic carbocycles. The number of nitriles is 1. The highest BCUT2D eigenvalue weighted by Crippen LogP contribution is 2.29. The average molecular weight is 339 g/mol. The summed E-state index contributed by atoms with van der Waals surface area (Å²) in [5, 5.41) is 15.1. The van der Waals surface area contributed by atoms with Crippen LogP contribution in [-0.2, 0) is 17.1 Å². The lowest BCUT2D eigenvalue weighted by atomic mass is 10.0. The maximum absolute atomic E-state index is 11.9. The lowest BCUT2D eigenvalue weighted by Crippen LogP contribution is -2.16. The minimum absolute atomic E-state index is 0.00711. The molecule has 1 aromatic heterocycles. The van der Waals surface area contributed by atoms with E-state index < -0.39 is 10.0 Å². The molecule has 0 saturated heterocycles. The molecule has 1 heterocycles. The Hall–Kier alpha value is -2.95. The van der Waals surface area contributed by atoms with Crippen LogP contribution in [0.3, 0.4) is 0 Å². The van der Waals surface area contributed by atoms with Crippen molar-refractivity contribution >= 4 is 20.9 Å². The lowest BCUT2D eigenvalue weighted by molar-refractivity contribution is 0.598. The number of rotatable bonds is 2. The molecule has 0 fully saturated rings. The van der Waals surface area contributed by atoms with Crippen LogP contribution in [0.5, 0.6) is 0 Å². The molecular weight excluding hydrogens is 326 g/mol. The van der Waals surface area contributed by atoms with E-state index in [-0.39, 0.29) is 16.0 Å². The molecule has 7 heteroatoms. The number of pyridine rings is 1. The number of sulfonamides is 1. The third kappa shape index (κ3) is 2.58. The van der Waals surface area contributed by atoms with Crippen LogP contribution in [0.15, 0.2) is 58.2 Å². The van der Waals surface area contributed by atoms with E-state index in [4.69, 9.17) is 5.14 Å². The summed E-state index contributed by atoms with van der Waals surface area (Å²) >= 11 is 0. The van der Waals surface area contributed by atoms with Crippen molar-refractivity contribution in [3.05, 3.63) is 64.4 Å². The van der Waals surface area contributed by atoms with Gasteiger partial charge in [0, 0.05) is 24.1 Å². The smallest absolute Gasteiger partial charge is 0.252 e. The van der Waals surface area contributed by atoms with Crippen LogP contribution >= 0.6 is 0 Å². The van der Waals surface area contributed by atoms with Crippen molar-refractivity contribution in [3.63, 3.8) is 0 Å². The number of aromatic nitrogens is 1. The zero-order valence-corrected chi connectivity index (χ0v) is 13.5. The van der Waals surface area contributed by atoms with Crippen molar-refractivity contribution in [1.82, 2.24) is 4.57 Å². The Balaban J connectivity index is 2.38. The van der Waals surface area contributed by atoms with Gasteiger partial charge in [-0.3, -0.25) is 4.79 Å². The maximum Gasteiger partial charge on any atom is 0.252 e. The summed E-state index contributed by atoms with van der Waals surface area (Å²) in [7, 11) is -2.27. The van der Waals surface area contributed by atoms with Crippen LogP contribution in [0, 0.1) is 11.3 Å². The number of hydrogen-bond donors (Lipinski definition) is 1. The molecule has 120 valence electrons. The predicted molar refractivity (Wildman–Crippen MR) is 90.7 cm³/mol. The van der Waals surface area contributed by atoms with E-state index >= 15 is 0 Å². The first-order chi connectivity index (χ1) is 11.3. The van der Waals surface area contributed by atoms with E-state index in [1.807, 2.05) is 6.07 Å². The fraction of sp³-hybridized carbons (Fsp3) is 0.0588. The van der Waals surface area contributed by atoms with Crippen LogP contribution in [0.25, 0.3) is 22.0 Å². The van der Waals surface area contributed by atoms with Gasteiger partial charge in [0.15, 0.2) is 0 Å². The highest BCUT2D eigenvalue weighted by atomic mass is 32.2. The van der Waals surface area contributed by atoms with Gasteiger partial charge in [-0.2, -0.15) is 5.26 Å². The number of hydrogen-bond acceptors (Lipinski definition) is 4. The van der Waals surface area contributed by atoms with Gasteiger partial charge in [-0.15, -0.1) is 0 Å². The maximum atomic E-state index is 11.9. The summed E-state index contributed by atoms with van der Waals surface area (Å²) < 4.78 is 25.0. The molecule has 0 radical (unpaired) electrons. The molecule has 0 atom stereocenters. The predicted octanol–water partition coefficient (Wildman–Crippen LogP) is 1.72. The van der Waals surface area contributed by atoms with Crippen LogP contribution in [0.2, 0.25) is 0 Å². The second kappa shape index (κ2) is 5.60. The van der Waals surface area contributed by atoms with E-state index in [9.17, 15) is 18.5 Å². The van der Waals surface area contributed by atoms with Crippen LogP contribution < -0.4 is 10.7 Å². The molecule has 24 heavy (non-hydrogen) atoms. The first-order valence-electron chi connectivity index (χ1n) is 6.99. The Labute approximate surface area is 138 Å². The van der Waals surface area contributed by atoms with Gasteiger partial charge in [0.05, 0.1) is 16.0 Å². The SMILES string of the molecule is Cn1c(=O)cc(C#N)c2cc(-c3ccccc3S(N)(=O)=O)ccc21. The second-order valence-electron chi connectivity index (χ2n) is 5.34. The summed E-state index contributed by atoms with van der Waals surface area (Å²) in [6.45, 7) is 0. The second-order valence-corrected chi connectivity index (χ2v) is 6.87. The van der Waals surface area contributed by atoms with Gasteiger partial charge in [-0.05, 0) is 23.8 Å². The normalized spacial score (nSPS) is 11.4. The third-order valence-corrected chi connectivity index (χ3v) is 4.84. The molecule has 0 saturated carbocycles. The molecule has 0 amide bonds. The number of nitrogens with zero attached hydrogens (tertiary/aromatic N) is 2. The highest BCUT2D eigenvalue weighted by Gasteiger charge is 2.16. The average Bonchev–Trinajstić information content (AvgIpc) is 2.57. The Morgan fingerprint density at radius 2 is 1.83 bits per heavy atom. The largest absolute Gasteiger partial charge is 0.311 e. The number of primary sulfonamides is 1. The third-order valence-electron chi connectivity index (χ3n) is 3.87. The monoisotopic (exact) mass is 339 g/mol. The standard InChI is InChI=1S/C17H13N3O3S/c1-20-15-7-6-11(8-14(15)12(10-18)9-17(20)21)13-4-2-3-5-16(13)24(19,22)23/h2-9H,1H3,(H2,19,22,23). The molecule has 2 aromatic carbocycles. The fourth-order valence-corrected chi connectivity index (χ4v) is 3.43. The lowest BCUT2D eigenvalue weighted by Gasteiger charge is -2.11. The minimum atomic E-state index is -3.89. The number of aryl methyl sites for hydroxylation is 1. The summed E-state index contributed by atoms with van der Waals surface area (Å²) in [5.41, 5.74) is 1.59. The van der Waals surface area contributed by atoms with Gasteiger partial charge in [-0.1, -0.05) is 24.3 Å². The molecule has 3 rings (SSSR count). The molecule has 6 nitrogen and oxygen atoms in total. The minimum Gasteiger partial charge on any atom is -0.311 e. The molecule has 0 unspecified atom stereocenters. The Morgan fingerprint density at radius 3 is 2.50 bits per heavy atom. The van der Waals surface area contributed by atoms with Crippen molar-refractivity contribution in [1.29, 1.82) is 5.26 Å². The quantitative estimate of drug-likeness (QED) is 0.767. The summed E-state index contributed by atoms with van der Waals surface area (Å²) in [5.74, 6) is 0. The van der Waals surface area contributed by atoms with E-state index in [0.717, 1.165) is 0 Å². The van der Waals surface area contributed by atoms with Gasteiger partial charge >= 0.3 is 0 Å². The first kappa shape index (κ1) is 15.9. The Morgan fingerprint density at radius 1 is 1.12 bits per heavy atom. The first-order valence-corrected chi connectivity index (χ1v) is 8.53. The number of fused-ring (bicyclic) bond motifs is 1. The molecule has 0 bridgehead atoms. The van der Waals surface area contributed by atoms with Crippen LogP contribution in [-0.4, -0.2) is 13.0 Å². The van der Waals surface area contributed by atoms with Crippen LogP contribution in [0.1, 0.15) is 5.56 Å². The van der Waals surface area contributed by atoms with Gasteiger partial charge in [0.2, 0.25) is 10.0 Å². The highest BCUT2D eigenvalue weighted by molar-refractivity contribution is 7.89. The zero-order chi connectivity index (χ0) is 17.5. The number of nitrogens with two attached hydrogens (primary N) is 1. The van der Waals surface area contributed by atoms with Gasteiger partial charge in [-0.25, -0.2) is 13.6 Å². The van der Waals surface area contributed by atoms with Crippen molar-refractivity contribution < 1.29 is 8.42 Å². The molecular formula is C17H13N3O3S. The molecule has 0 aliphatic rings. The Bertz CT molecular complexity index is 1170. The van der Waals surface area contributed by atoms with Crippen LogP contribution in [0.4, 0.5) is 0 Å². The Kier molecular flexibility index (Phi) is 3.72. The van der Waals surface area contributed by atoms with E-state index in [1.54, 1.807) is 43.4 Å². The molecule has 0 spiro atoms. The topological polar surface area (TPSA) is 106 Å². The molecule has 0 aliphatic heterocycles. The summed E-state index contributed by atoms with van der Waals surface area (Å²) in [4.78, 5) is 11.9. The number of benzene rings is 2. The molecule has 2 N–H and O–H groups in total.